The smallest absolute Gasteiger partial charge is 0.387 e. The zero-order chi connectivity index (χ0) is 16.5. The molecule has 128 valence electrons. The van der Waals surface area contributed by atoms with E-state index in [0.717, 1.165) is 48.1 Å². The number of nitrogens with one attached hydrogen (secondary N) is 1. The number of hydrogen-bond donors (Lipinski definition) is 1. The lowest BCUT2D eigenvalue weighted by Crippen LogP contribution is -2.39. The maximum atomic E-state index is 12.1. The largest absolute Gasteiger partial charge is 0.437 e. The molecule has 2 heterocycles. The monoisotopic (exact) mass is 347 g/mol. The summed E-state index contributed by atoms with van der Waals surface area (Å²) in [6.07, 6.45) is 8.96. The van der Waals surface area contributed by atoms with E-state index in [0.29, 0.717) is 5.89 Å². The van der Waals surface area contributed by atoms with Gasteiger partial charge in [-0.15, -0.1) is 16.4 Å². The lowest BCUT2D eigenvalue weighted by molar-refractivity contribution is -0.122. The molecule has 0 aromatic carbocycles. The Labute approximate surface area is 143 Å². The molecule has 4 rings (SSSR count). The second-order valence-corrected chi connectivity index (χ2v) is 7.78. The van der Waals surface area contributed by atoms with Gasteiger partial charge in [0.25, 0.3) is 5.89 Å². The Morgan fingerprint density at radius 2 is 2.12 bits per heavy atom. The summed E-state index contributed by atoms with van der Waals surface area (Å²) in [5.74, 6) is -0.417. The number of aryl methyl sites for hydroxylation is 2. The molecular formula is C17H21N3O3S. The van der Waals surface area contributed by atoms with Gasteiger partial charge in [-0.2, -0.15) is 4.68 Å². The molecule has 1 N–H and O–H groups in total. The minimum absolute atomic E-state index is 0.0794. The highest BCUT2D eigenvalue weighted by Gasteiger charge is 2.21. The van der Waals surface area contributed by atoms with Gasteiger partial charge in [-0.3, -0.25) is 4.79 Å². The summed E-state index contributed by atoms with van der Waals surface area (Å²) in [4.78, 5) is 26.4. The molecule has 0 aliphatic heterocycles. The van der Waals surface area contributed by atoms with Gasteiger partial charge in [0.15, 0.2) is 0 Å². The molecule has 1 fully saturated rings. The molecule has 2 aliphatic rings. The SMILES string of the molecule is O=C(Cn1nc(-c2cc3c(s2)CCC3)oc1=O)NC1CCCCC1. The number of hydrogen-bond acceptors (Lipinski definition) is 5. The quantitative estimate of drug-likeness (QED) is 0.922. The first kappa shape index (κ1) is 15.6. The van der Waals surface area contributed by atoms with Crippen molar-refractivity contribution >= 4 is 17.2 Å². The van der Waals surface area contributed by atoms with Crippen LogP contribution in [0, 0.1) is 0 Å². The van der Waals surface area contributed by atoms with Crippen LogP contribution in [0.2, 0.25) is 0 Å². The average Bonchev–Trinajstić information content (AvgIpc) is 3.23. The van der Waals surface area contributed by atoms with Crippen LogP contribution in [0.15, 0.2) is 15.3 Å². The zero-order valence-electron chi connectivity index (χ0n) is 13.5. The van der Waals surface area contributed by atoms with Gasteiger partial charge in [0.05, 0.1) is 4.88 Å². The summed E-state index contributed by atoms with van der Waals surface area (Å²) in [7, 11) is 0. The van der Waals surface area contributed by atoms with Crippen LogP contribution < -0.4 is 11.1 Å². The van der Waals surface area contributed by atoms with Crippen molar-refractivity contribution in [3.8, 4) is 10.8 Å². The van der Waals surface area contributed by atoms with E-state index < -0.39 is 5.76 Å². The lowest BCUT2D eigenvalue weighted by atomic mass is 9.95. The molecule has 6 nitrogen and oxygen atoms in total. The lowest BCUT2D eigenvalue weighted by Gasteiger charge is -2.22. The van der Waals surface area contributed by atoms with Gasteiger partial charge in [-0.1, -0.05) is 19.3 Å². The molecule has 2 aromatic heterocycles. The molecule has 0 spiro atoms. The number of rotatable bonds is 4. The molecule has 7 heteroatoms. The van der Waals surface area contributed by atoms with Crippen LogP contribution in [0.25, 0.3) is 10.8 Å². The minimum Gasteiger partial charge on any atom is -0.387 e. The number of fused-ring (bicyclic) bond motifs is 1. The number of aromatic nitrogens is 2. The first-order valence-corrected chi connectivity index (χ1v) is 9.50. The fraction of sp³-hybridized carbons (Fsp3) is 0.588. The molecule has 0 unspecified atom stereocenters. The van der Waals surface area contributed by atoms with Crippen molar-refractivity contribution in [2.45, 2.75) is 64.0 Å². The summed E-state index contributed by atoms with van der Waals surface area (Å²) in [5, 5.41) is 7.21. The number of carbonyl (C=O) groups excluding carboxylic acids is 1. The summed E-state index contributed by atoms with van der Waals surface area (Å²) in [6.45, 7) is -0.0794. The topological polar surface area (TPSA) is 77.1 Å². The summed E-state index contributed by atoms with van der Waals surface area (Å²) in [5.41, 5.74) is 1.34. The molecule has 0 bridgehead atoms. The number of amides is 1. The molecular weight excluding hydrogens is 326 g/mol. The van der Waals surface area contributed by atoms with Gasteiger partial charge >= 0.3 is 5.76 Å². The normalized spacial score (nSPS) is 17.8. The first-order chi connectivity index (χ1) is 11.7. The van der Waals surface area contributed by atoms with Gasteiger partial charge in [-0.25, -0.2) is 4.79 Å². The van der Waals surface area contributed by atoms with E-state index >= 15 is 0 Å². The third-order valence-corrected chi connectivity index (χ3v) is 6.05. The Bertz CT molecular complexity index is 777. The van der Waals surface area contributed by atoms with Crippen molar-refractivity contribution in [2.24, 2.45) is 0 Å². The predicted molar refractivity (Wildman–Crippen MR) is 91.1 cm³/mol. The number of thiophene rings is 1. The molecule has 0 atom stereocenters. The van der Waals surface area contributed by atoms with E-state index in [1.165, 1.54) is 23.3 Å². The van der Waals surface area contributed by atoms with Gasteiger partial charge < -0.3 is 9.73 Å². The van der Waals surface area contributed by atoms with Crippen molar-refractivity contribution in [2.75, 3.05) is 0 Å². The molecule has 24 heavy (non-hydrogen) atoms. The molecule has 0 radical (unpaired) electrons. The fourth-order valence-electron chi connectivity index (χ4n) is 3.60. The molecule has 2 aliphatic carbocycles. The van der Waals surface area contributed by atoms with Crippen LogP contribution in [-0.4, -0.2) is 21.7 Å². The van der Waals surface area contributed by atoms with Crippen molar-refractivity contribution in [3.63, 3.8) is 0 Å². The van der Waals surface area contributed by atoms with Crippen LogP contribution in [0.3, 0.4) is 0 Å². The van der Waals surface area contributed by atoms with Crippen LogP contribution in [0.5, 0.6) is 0 Å². The highest BCUT2D eigenvalue weighted by molar-refractivity contribution is 7.15. The van der Waals surface area contributed by atoms with Crippen LogP contribution in [0.4, 0.5) is 0 Å². The average molecular weight is 347 g/mol. The second kappa shape index (κ2) is 6.55. The third-order valence-electron chi connectivity index (χ3n) is 4.83. The standard InChI is InChI=1S/C17H21N3O3S/c21-15(18-12-6-2-1-3-7-12)10-20-17(22)23-16(19-20)14-9-11-5-4-8-13(11)24-14/h9,12H,1-8,10H2,(H,18,21). The van der Waals surface area contributed by atoms with Gasteiger partial charge in [-0.05, 0) is 43.7 Å². The van der Waals surface area contributed by atoms with E-state index in [2.05, 4.69) is 16.5 Å². The number of nitrogens with zero attached hydrogens (tertiary/aromatic N) is 2. The van der Waals surface area contributed by atoms with Crippen molar-refractivity contribution in [3.05, 3.63) is 27.1 Å². The highest BCUT2D eigenvalue weighted by Crippen LogP contribution is 2.35. The van der Waals surface area contributed by atoms with E-state index in [9.17, 15) is 9.59 Å². The highest BCUT2D eigenvalue weighted by atomic mass is 32.1. The molecule has 1 saturated carbocycles. The van der Waals surface area contributed by atoms with E-state index in [1.54, 1.807) is 11.3 Å². The van der Waals surface area contributed by atoms with Crippen LogP contribution in [-0.2, 0) is 24.2 Å². The van der Waals surface area contributed by atoms with Crippen molar-refractivity contribution in [1.82, 2.24) is 15.1 Å². The summed E-state index contributed by atoms with van der Waals surface area (Å²) < 4.78 is 6.38. The maximum Gasteiger partial charge on any atom is 0.437 e. The molecule has 0 saturated heterocycles. The summed E-state index contributed by atoms with van der Waals surface area (Å²) >= 11 is 1.64. The van der Waals surface area contributed by atoms with E-state index in [-0.39, 0.29) is 18.5 Å². The Morgan fingerprint density at radius 3 is 2.92 bits per heavy atom. The Morgan fingerprint density at radius 1 is 1.29 bits per heavy atom. The van der Waals surface area contributed by atoms with Gasteiger partial charge in [0.2, 0.25) is 5.91 Å². The van der Waals surface area contributed by atoms with E-state index in [4.69, 9.17) is 4.42 Å². The van der Waals surface area contributed by atoms with Crippen LogP contribution >= 0.6 is 11.3 Å². The minimum atomic E-state index is -0.572. The first-order valence-electron chi connectivity index (χ1n) is 8.68. The zero-order valence-corrected chi connectivity index (χ0v) is 14.4. The van der Waals surface area contributed by atoms with Gasteiger partial charge in [0.1, 0.15) is 6.54 Å². The van der Waals surface area contributed by atoms with Crippen molar-refractivity contribution in [1.29, 1.82) is 0 Å². The predicted octanol–water partition coefficient (Wildman–Crippen LogP) is 2.50. The Balaban J connectivity index is 1.45. The Hall–Kier alpha value is -1.89. The summed E-state index contributed by atoms with van der Waals surface area (Å²) in [6, 6.07) is 2.29. The molecule has 1 amide bonds. The van der Waals surface area contributed by atoms with E-state index in [1.807, 2.05) is 0 Å². The number of carbonyl (C=O) groups is 1. The van der Waals surface area contributed by atoms with Crippen LogP contribution in [0.1, 0.15) is 49.0 Å². The van der Waals surface area contributed by atoms with Crippen molar-refractivity contribution < 1.29 is 9.21 Å². The maximum absolute atomic E-state index is 12.1. The van der Waals surface area contributed by atoms with Gasteiger partial charge in [0, 0.05) is 10.9 Å². The second-order valence-electron chi connectivity index (χ2n) is 6.65. The molecule has 2 aromatic rings. The Kier molecular flexibility index (Phi) is 4.26. The fourth-order valence-corrected chi connectivity index (χ4v) is 4.77. The third kappa shape index (κ3) is 3.17.